The van der Waals surface area contributed by atoms with Crippen LogP contribution in [0, 0.1) is 0 Å². The Morgan fingerprint density at radius 3 is 2.82 bits per heavy atom. The van der Waals surface area contributed by atoms with Crippen LogP contribution in [0.2, 0.25) is 0 Å². The van der Waals surface area contributed by atoms with Crippen molar-refractivity contribution in [2.24, 2.45) is 0 Å². The summed E-state index contributed by atoms with van der Waals surface area (Å²) in [6.07, 6.45) is 1.63. The van der Waals surface area contributed by atoms with Crippen LogP contribution in [-0.2, 0) is 11.3 Å². The number of pyridine rings is 1. The van der Waals surface area contributed by atoms with Gasteiger partial charge in [0, 0.05) is 0 Å². The zero-order valence-electron chi connectivity index (χ0n) is 11.9. The molecule has 0 fully saturated rings. The minimum atomic E-state index is -0.451. The molecule has 1 aromatic carbocycles. The third-order valence-corrected chi connectivity index (χ3v) is 3.24. The molecule has 112 valence electrons. The second-order valence-corrected chi connectivity index (χ2v) is 4.60. The Kier molecular flexibility index (Phi) is 3.65. The summed E-state index contributed by atoms with van der Waals surface area (Å²) >= 11 is 0. The Hall–Kier alpha value is -3.02. The largest absolute Gasteiger partial charge is 0.504 e. The first-order valence-corrected chi connectivity index (χ1v) is 6.65. The number of hydrogen-bond donors (Lipinski definition) is 1. The molecule has 3 aromatic rings. The van der Waals surface area contributed by atoms with E-state index >= 15 is 0 Å². The first-order valence-electron chi connectivity index (χ1n) is 6.65. The van der Waals surface area contributed by atoms with Gasteiger partial charge in [0.2, 0.25) is 0 Å². The molecule has 0 radical (unpaired) electrons. The van der Waals surface area contributed by atoms with Gasteiger partial charge in [-0.25, -0.2) is 9.78 Å². The molecule has 0 saturated carbocycles. The Morgan fingerprint density at radius 1 is 1.23 bits per heavy atom. The molecule has 6 nitrogen and oxygen atoms in total. The normalized spacial score (nSPS) is 10.6. The van der Waals surface area contributed by atoms with Gasteiger partial charge in [-0.15, -0.1) is 0 Å². The van der Waals surface area contributed by atoms with E-state index in [0.717, 1.165) is 0 Å². The summed E-state index contributed by atoms with van der Waals surface area (Å²) in [4.78, 5) is 16.1. The minimum absolute atomic E-state index is 0.0597. The van der Waals surface area contributed by atoms with Crippen LogP contribution >= 0.6 is 0 Å². The van der Waals surface area contributed by atoms with Gasteiger partial charge >= 0.3 is 5.97 Å². The van der Waals surface area contributed by atoms with Gasteiger partial charge in [0.15, 0.2) is 11.5 Å². The van der Waals surface area contributed by atoms with Crippen molar-refractivity contribution in [3.8, 4) is 11.5 Å². The number of phenolic OH excluding ortho intramolecular Hbond substituents is 1. The van der Waals surface area contributed by atoms with Crippen LogP contribution in [0.25, 0.3) is 5.65 Å². The Balaban J connectivity index is 1.94. The predicted octanol–water partition coefficient (Wildman–Crippen LogP) is 2.41. The number of carbonyl (C=O) groups excluding carboxylic acids is 1. The van der Waals surface area contributed by atoms with E-state index in [9.17, 15) is 9.90 Å². The van der Waals surface area contributed by atoms with Gasteiger partial charge in [-0.2, -0.15) is 0 Å². The summed E-state index contributed by atoms with van der Waals surface area (Å²) in [5.41, 5.74) is 1.67. The standard InChI is InChI=1S/C16H14N2O4/c1-21-16(20)12-5-4-8-15-17-9-11(18(12)15)10-22-14-7-3-2-6-13(14)19/h2-9,19H,10H2,1H3. The molecule has 2 heterocycles. The summed E-state index contributed by atoms with van der Waals surface area (Å²) in [6, 6.07) is 11.9. The number of esters is 1. The third-order valence-electron chi connectivity index (χ3n) is 3.24. The number of benzene rings is 1. The monoisotopic (exact) mass is 298 g/mol. The molecule has 0 aliphatic heterocycles. The van der Waals surface area contributed by atoms with E-state index in [2.05, 4.69) is 4.98 Å². The second kappa shape index (κ2) is 5.77. The maximum absolute atomic E-state index is 11.9. The van der Waals surface area contributed by atoms with Crippen molar-refractivity contribution in [1.82, 2.24) is 9.38 Å². The van der Waals surface area contributed by atoms with Crippen molar-refractivity contribution < 1.29 is 19.4 Å². The highest BCUT2D eigenvalue weighted by Crippen LogP contribution is 2.25. The van der Waals surface area contributed by atoms with E-state index in [-0.39, 0.29) is 12.4 Å². The molecule has 3 rings (SSSR count). The van der Waals surface area contributed by atoms with Crippen molar-refractivity contribution in [3.63, 3.8) is 0 Å². The van der Waals surface area contributed by atoms with E-state index < -0.39 is 5.97 Å². The van der Waals surface area contributed by atoms with E-state index in [0.29, 0.717) is 22.8 Å². The highest BCUT2D eigenvalue weighted by molar-refractivity contribution is 5.88. The summed E-state index contributed by atoms with van der Waals surface area (Å²) in [5.74, 6) is -0.0232. The molecule has 0 saturated heterocycles. The average molecular weight is 298 g/mol. The fourth-order valence-corrected chi connectivity index (χ4v) is 2.20. The number of fused-ring (bicyclic) bond motifs is 1. The van der Waals surface area contributed by atoms with Gasteiger partial charge < -0.3 is 14.6 Å². The topological polar surface area (TPSA) is 73.1 Å². The maximum atomic E-state index is 11.9. The molecule has 0 spiro atoms. The van der Waals surface area contributed by atoms with E-state index in [1.807, 2.05) is 0 Å². The van der Waals surface area contributed by atoms with Crippen LogP contribution in [0.5, 0.6) is 11.5 Å². The number of methoxy groups -OCH3 is 1. The number of imidazole rings is 1. The number of aromatic hydroxyl groups is 1. The predicted molar refractivity (Wildman–Crippen MR) is 79.0 cm³/mol. The lowest BCUT2D eigenvalue weighted by molar-refractivity contribution is 0.0591. The number of ether oxygens (including phenoxy) is 2. The molecule has 0 unspecified atom stereocenters. The van der Waals surface area contributed by atoms with Gasteiger partial charge in [-0.1, -0.05) is 18.2 Å². The highest BCUT2D eigenvalue weighted by atomic mass is 16.5. The summed E-state index contributed by atoms with van der Waals surface area (Å²) in [7, 11) is 1.33. The molecule has 0 atom stereocenters. The number of nitrogens with zero attached hydrogens (tertiary/aromatic N) is 2. The van der Waals surface area contributed by atoms with Crippen LogP contribution in [0.4, 0.5) is 0 Å². The van der Waals surface area contributed by atoms with Crippen molar-refractivity contribution >= 4 is 11.6 Å². The van der Waals surface area contributed by atoms with Gasteiger partial charge in [0.1, 0.15) is 17.9 Å². The van der Waals surface area contributed by atoms with Crippen LogP contribution in [0.1, 0.15) is 16.2 Å². The zero-order valence-corrected chi connectivity index (χ0v) is 11.9. The van der Waals surface area contributed by atoms with Crippen LogP contribution in [0.15, 0.2) is 48.7 Å². The quantitative estimate of drug-likeness (QED) is 0.749. The number of para-hydroxylation sites is 2. The van der Waals surface area contributed by atoms with Crippen LogP contribution in [0.3, 0.4) is 0 Å². The number of carbonyl (C=O) groups is 1. The zero-order chi connectivity index (χ0) is 15.5. The maximum Gasteiger partial charge on any atom is 0.355 e. The number of aromatic nitrogens is 2. The summed E-state index contributed by atoms with van der Waals surface area (Å²) in [6.45, 7) is 0.159. The Labute approximate surface area is 126 Å². The van der Waals surface area contributed by atoms with Gasteiger partial charge in [-0.3, -0.25) is 4.40 Å². The fourth-order valence-electron chi connectivity index (χ4n) is 2.20. The van der Waals surface area contributed by atoms with Gasteiger partial charge in [-0.05, 0) is 24.3 Å². The van der Waals surface area contributed by atoms with Crippen molar-refractivity contribution in [1.29, 1.82) is 0 Å². The lowest BCUT2D eigenvalue weighted by atomic mass is 10.3. The average Bonchev–Trinajstić information content (AvgIpc) is 2.96. The Morgan fingerprint density at radius 2 is 2.05 bits per heavy atom. The first-order chi connectivity index (χ1) is 10.7. The van der Waals surface area contributed by atoms with Crippen molar-refractivity contribution in [3.05, 3.63) is 60.0 Å². The molecule has 2 aromatic heterocycles. The lowest BCUT2D eigenvalue weighted by Gasteiger charge is -2.09. The molecule has 1 N–H and O–H groups in total. The minimum Gasteiger partial charge on any atom is -0.504 e. The van der Waals surface area contributed by atoms with Crippen molar-refractivity contribution in [2.75, 3.05) is 7.11 Å². The molecule has 0 aliphatic rings. The fraction of sp³-hybridized carbons (Fsp3) is 0.125. The van der Waals surface area contributed by atoms with Gasteiger partial charge in [0.25, 0.3) is 0 Å². The SMILES string of the molecule is COC(=O)c1cccc2ncc(COc3ccccc3O)n12. The van der Waals surface area contributed by atoms with Gasteiger partial charge in [0.05, 0.1) is 19.0 Å². The number of rotatable bonds is 4. The molecule has 0 aliphatic carbocycles. The van der Waals surface area contributed by atoms with E-state index in [1.165, 1.54) is 7.11 Å². The molecule has 22 heavy (non-hydrogen) atoms. The molecular weight excluding hydrogens is 284 g/mol. The number of hydrogen-bond acceptors (Lipinski definition) is 5. The van der Waals surface area contributed by atoms with Crippen LogP contribution in [-0.4, -0.2) is 27.6 Å². The molecule has 0 amide bonds. The second-order valence-electron chi connectivity index (χ2n) is 4.60. The van der Waals surface area contributed by atoms with E-state index in [4.69, 9.17) is 9.47 Å². The first kappa shape index (κ1) is 13.9. The lowest BCUT2D eigenvalue weighted by Crippen LogP contribution is -2.10. The van der Waals surface area contributed by atoms with E-state index in [1.54, 1.807) is 53.1 Å². The smallest absolute Gasteiger partial charge is 0.355 e. The Bertz CT molecular complexity index is 826. The molecule has 0 bridgehead atoms. The van der Waals surface area contributed by atoms with Crippen molar-refractivity contribution in [2.45, 2.75) is 6.61 Å². The summed E-state index contributed by atoms with van der Waals surface area (Å²) < 4.78 is 12.0. The summed E-state index contributed by atoms with van der Waals surface area (Å²) in [5, 5.41) is 9.71. The number of phenols is 1. The van der Waals surface area contributed by atoms with Crippen LogP contribution < -0.4 is 4.74 Å². The highest BCUT2D eigenvalue weighted by Gasteiger charge is 2.14. The molecular formula is C16H14N2O4. The molecule has 6 heteroatoms. The third kappa shape index (κ3) is 2.46.